The Morgan fingerprint density at radius 1 is 0.372 bits per heavy atom. The van der Waals surface area contributed by atoms with Crippen LogP contribution in [0.1, 0.15) is 34.3 Å². The second-order valence-electron chi connectivity index (χ2n) is 9.34. The Kier molecular flexibility index (Phi) is 2.19. The lowest BCUT2D eigenvalue weighted by Crippen LogP contribution is -1.91. The van der Waals surface area contributed by atoms with Crippen LogP contribution in [-0.2, 0) is 0 Å². The fourth-order valence-corrected chi connectivity index (χ4v) is 5.18. The molecule has 43 heavy (non-hydrogen) atoms. The molecule has 0 spiro atoms. The summed E-state index contributed by atoms with van der Waals surface area (Å²) < 4.78 is 228. The van der Waals surface area contributed by atoms with Crippen LogP contribution >= 0.6 is 0 Å². The summed E-state index contributed by atoms with van der Waals surface area (Å²) in [5.74, 6) is 0. The summed E-state index contributed by atoms with van der Waals surface area (Å²) in [6, 6.07) is -20.3. The van der Waals surface area contributed by atoms with Crippen LogP contribution in [0.3, 0.4) is 0 Å². The Balaban J connectivity index is 1.55. The molecule has 9 aromatic rings. The van der Waals surface area contributed by atoms with Crippen molar-refractivity contribution < 1.29 is 38.7 Å². The van der Waals surface area contributed by atoms with E-state index in [-0.39, 0.29) is 5.39 Å². The van der Waals surface area contributed by atoms with E-state index in [1.807, 2.05) is 0 Å². The van der Waals surface area contributed by atoms with Crippen molar-refractivity contribution in [1.82, 2.24) is 0 Å². The van der Waals surface area contributed by atoms with Gasteiger partial charge < -0.3 is 4.42 Å². The molecular formula is C42H26O. The molecule has 8 aromatic carbocycles. The van der Waals surface area contributed by atoms with E-state index in [4.69, 9.17) is 25.0 Å². The van der Waals surface area contributed by atoms with Crippen molar-refractivity contribution >= 4 is 54.3 Å². The van der Waals surface area contributed by atoms with Crippen molar-refractivity contribution in [3.8, 4) is 33.4 Å². The van der Waals surface area contributed by atoms with Gasteiger partial charge in [0.25, 0.3) is 0 Å². The maximum atomic E-state index is 9.60. The molecule has 200 valence electrons. The third-order valence-corrected chi connectivity index (χ3v) is 7.03. The second kappa shape index (κ2) is 9.44. The predicted molar refractivity (Wildman–Crippen MR) is 183 cm³/mol. The molecule has 0 fully saturated rings. The van der Waals surface area contributed by atoms with E-state index in [0.717, 1.165) is 6.07 Å². The first-order valence-electron chi connectivity index (χ1n) is 25.2. The topological polar surface area (TPSA) is 13.1 Å². The number of hydrogen-bond donors (Lipinski definition) is 0. The van der Waals surface area contributed by atoms with Gasteiger partial charge in [-0.2, -0.15) is 0 Å². The monoisotopic (exact) mass is 571 g/mol. The van der Waals surface area contributed by atoms with Crippen molar-refractivity contribution in [1.29, 1.82) is 0 Å². The minimum Gasteiger partial charge on any atom is -0.456 e. The van der Waals surface area contributed by atoms with E-state index >= 15 is 0 Å². The Morgan fingerprint density at radius 3 is 1.63 bits per heavy atom. The molecule has 0 amide bonds. The normalized spacial score (nSPS) is 19.9. The Labute approximate surface area is 284 Å². The molecule has 0 N–H and O–H groups in total. The molecule has 0 saturated carbocycles. The average Bonchev–Trinajstić information content (AvgIpc) is 3.72. The van der Waals surface area contributed by atoms with Gasteiger partial charge in [-0.3, -0.25) is 0 Å². The lowest BCUT2D eigenvalue weighted by Gasteiger charge is -2.18. The van der Waals surface area contributed by atoms with Crippen LogP contribution in [-0.4, -0.2) is 0 Å². The van der Waals surface area contributed by atoms with Gasteiger partial charge in [-0.1, -0.05) is 139 Å². The highest BCUT2D eigenvalue weighted by atomic mass is 16.3. The predicted octanol–water partition coefficient (Wildman–Crippen LogP) is 12.0. The van der Waals surface area contributed by atoms with Crippen LogP contribution in [0, 0.1) is 0 Å². The quantitative estimate of drug-likeness (QED) is 0.192. The minimum atomic E-state index is -1.02. The molecule has 0 aliphatic heterocycles. The largest absolute Gasteiger partial charge is 0.456 e. The Bertz CT molecular complexity index is 3790. The molecule has 1 heterocycles. The standard InChI is InChI=1S/C42H26O/c1-2-12-31-27(10-1)11-9-18-32(31)28-20-22-29(23-21-28)41-34-14-3-5-16-36(34)42(37-17-6-4-15-35(37)41)30-24-25-40-38(26-30)33-13-7-8-19-39(33)43-40/h1-26H/i1D,2D,3D,4D,5D,6D,7D,8D,9D,10D,11D,13D,14D,15D,16D,17D,18D,19D,20D,21D,22D,23D,24D,25D,26D. The number of fused-ring (bicyclic) bond motifs is 6. The molecule has 0 radical (unpaired) electrons. The molecule has 0 bridgehead atoms. The number of hydrogen-bond acceptors (Lipinski definition) is 1. The molecule has 9 rings (SSSR count). The number of para-hydroxylation sites is 1. The van der Waals surface area contributed by atoms with Gasteiger partial charge in [0.2, 0.25) is 0 Å². The highest BCUT2D eigenvalue weighted by Gasteiger charge is 2.18. The van der Waals surface area contributed by atoms with Gasteiger partial charge in [0, 0.05) is 10.8 Å². The average molecular weight is 572 g/mol. The highest BCUT2D eigenvalue weighted by Crippen LogP contribution is 2.45. The summed E-state index contributed by atoms with van der Waals surface area (Å²) in [5, 5.41) is -4.30. The molecule has 0 aliphatic carbocycles. The first kappa shape index (κ1) is 9.97. The number of furan rings is 1. The van der Waals surface area contributed by atoms with E-state index < -0.39 is 233 Å². The van der Waals surface area contributed by atoms with E-state index in [1.54, 1.807) is 0 Å². The first-order valence-corrected chi connectivity index (χ1v) is 12.7. The zero-order valence-electron chi connectivity index (χ0n) is 46.5. The van der Waals surface area contributed by atoms with Crippen LogP contribution in [0.4, 0.5) is 0 Å². The molecule has 0 unspecified atom stereocenters. The molecule has 1 aromatic heterocycles. The molecule has 0 saturated heterocycles. The van der Waals surface area contributed by atoms with Gasteiger partial charge in [-0.25, -0.2) is 0 Å². The van der Waals surface area contributed by atoms with Crippen LogP contribution in [0.25, 0.3) is 87.6 Å². The lowest BCUT2D eigenvalue weighted by molar-refractivity contribution is 0.669. The van der Waals surface area contributed by atoms with E-state index in [9.17, 15) is 13.7 Å². The summed E-state index contributed by atoms with van der Waals surface area (Å²) >= 11 is 0. The van der Waals surface area contributed by atoms with Crippen LogP contribution in [0.5, 0.6) is 0 Å². The lowest BCUT2D eigenvalue weighted by atomic mass is 9.85. The fraction of sp³-hybridized carbons (Fsp3) is 0. The van der Waals surface area contributed by atoms with Crippen molar-refractivity contribution in [2.75, 3.05) is 0 Å². The van der Waals surface area contributed by atoms with Crippen molar-refractivity contribution in [3.05, 3.63) is 157 Å². The minimum absolute atomic E-state index is 0.303. The van der Waals surface area contributed by atoms with Crippen molar-refractivity contribution in [2.24, 2.45) is 0 Å². The van der Waals surface area contributed by atoms with Gasteiger partial charge in [-0.05, 0) is 83.8 Å². The van der Waals surface area contributed by atoms with Gasteiger partial charge in [0.05, 0.1) is 34.3 Å². The Hall–Kier alpha value is -5.66. The van der Waals surface area contributed by atoms with Gasteiger partial charge >= 0.3 is 0 Å². The maximum absolute atomic E-state index is 9.60. The molecule has 1 nitrogen and oxygen atoms in total. The van der Waals surface area contributed by atoms with Gasteiger partial charge in [0.15, 0.2) is 0 Å². The SMILES string of the molecule is [2H]c1cc2c(-c3c([2H])c([2H])c(-c4c5c([2H])c([2H])c([2H])c([2H])c5c(-c5c([2H])c([2H])c6oc7c([2H])c([2H])c([2H])c([2H])c7c6c5[2H])c5c([2H])c([2H])c([2H])c([2H])c45)c([2H])c3[2H])c([2H])c([2H])c([2H])c2c([2H])c1[2H]. The van der Waals surface area contributed by atoms with Crippen LogP contribution in [0.15, 0.2) is 162 Å². The van der Waals surface area contributed by atoms with Crippen molar-refractivity contribution in [3.63, 3.8) is 0 Å². The van der Waals surface area contributed by atoms with Gasteiger partial charge in [-0.15, -0.1) is 0 Å². The van der Waals surface area contributed by atoms with Crippen LogP contribution < -0.4 is 0 Å². The van der Waals surface area contributed by atoms with E-state index in [2.05, 4.69) is 0 Å². The summed E-state index contributed by atoms with van der Waals surface area (Å²) in [4.78, 5) is 0. The van der Waals surface area contributed by atoms with Crippen LogP contribution in [0.2, 0.25) is 0 Å². The zero-order chi connectivity index (χ0) is 50.1. The maximum Gasteiger partial charge on any atom is 0.135 e. The summed E-state index contributed by atoms with van der Waals surface area (Å²) in [5.41, 5.74) is -5.11. The summed E-state index contributed by atoms with van der Waals surface area (Å²) in [6.07, 6.45) is 0. The third kappa shape index (κ3) is 3.72. The molecular weight excluding hydrogens is 520 g/mol. The zero-order valence-corrected chi connectivity index (χ0v) is 21.5. The third-order valence-electron chi connectivity index (χ3n) is 7.03. The molecule has 0 atom stereocenters. The number of rotatable bonds is 3. The number of benzene rings is 8. The fourth-order valence-electron chi connectivity index (χ4n) is 5.18. The Morgan fingerprint density at radius 2 is 0.907 bits per heavy atom. The van der Waals surface area contributed by atoms with Gasteiger partial charge in [0.1, 0.15) is 11.2 Å². The smallest absolute Gasteiger partial charge is 0.135 e. The summed E-state index contributed by atoms with van der Waals surface area (Å²) in [7, 11) is 0. The van der Waals surface area contributed by atoms with Crippen molar-refractivity contribution in [2.45, 2.75) is 0 Å². The van der Waals surface area contributed by atoms with E-state index in [1.165, 1.54) is 0 Å². The van der Waals surface area contributed by atoms with E-state index in [0.29, 0.717) is 0 Å². The summed E-state index contributed by atoms with van der Waals surface area (Å²) in [6.45, 7) is 0. The second-order valence-corrected chi connectivity index (χ2v) is 9.34. The molecule has 0 aliphatic rings. The first-order chi connectivity index (χ1) is 31.7. The highest BCUT2D eigenvalue weighted by molar-refractivity contribution is 6.22. The molecule has 1 heteroatoms.